The lowest BCUT2D eigenvalue weighted by Gasteiger charge is -2.10. The molecule has 0 aromatic heterocycles. The second kappa shape index (κ2) is 15.2. The van der Waals surface area contributed by atoms with Crippen LogP contribution in [0.4, 0.5) is 0 Å². The summed E-state index contributed by atoms with van der Waals surface area (Å²) < 4.78 is 5.13. The van der Waals surface area contributed by atoms with E-state index in [4.69, 9.17) is 10.5 Å². The van der Waals surface area contributed by atoms with Gasteiger partial charge < -0.3 is 10.5 Å². The summed E-state index contributed by atoms with van der Waals surface area (Å²) in [6.07, 6.45) is 13.4. The summed E-state index contributed by atoms with van der Waals surface area (Å²) in [7, 11) is 0. The van der Waals surface area contributed by atoms with Crippen molar-refractivity contribution in [3.05, 3.63) is 0 Å². The van der Waals surface area contributed by atoms with Crippen molar-refractivity contribution in [3.8, 4) is 0 Å². The smallest absolute Gasteiger partial charge is 0.322 e. The number of thiol groups is 1. The van der Waals surface area contributed by atoms with Crippen LogP contribution < -0.4 is 5.73 Å². The van der Waals surface area contributed by atoms with Crippen LogP contribution in [0.1, 0.15) is 77.6 Å². The highest BCUT2D eigenvalue weighted by molar-refractivity contribution is 7.80. The molecule has 0 aliphatic heterocycles. The standard InChI is InChI=1S/C16H33NO2S/c1-2-3-4-5-6-7-8-9-10-11-13-19-16(18)15(17)12-14-20/h15,20H,2-14,17H2,1H3/t15-/m0/s1. The van der Waals surface area contributed by atoms with Crippen LogP contribution in [0.25, 0.3) is 0 Å². The average Bonchev–Trinajstić information content (AvgIpc) is 2.44. The number of rotatable bonds is 14. The summed E-state index contributed by atoms with van der Waals surface area (Å²) in [6.45, 7) is 2.76. The molecule has 0 aliphatic carbocycles. The minimum Gasteiger partial charge on any atom is -0.465 e. The van der Waals surface area contributed by atoms with Crippen molar-refractivity contribution in [1.82, 2.24) is 0 Å². The van der Waals surface area contributed by atoms with Gasteiger partial charge >= 0.3 is 5.97 Å². The monoisotopic (exact) mass is 303 g/mol. The maximum Gasteiger partial charge on any atom is 0.322 e. The molecule has 2 N–H and O–H groups in total. The first-order valence-corrected chi connectivity index (χ1v) is 8.88. The summed E-state index contributed by atoms with van der Waals surface area (Å²) in [5.41, 5.74) is 5.63. The molecule has 4 heteroatoms. The maximum absolute atomic E-state index is 11.4. The molecule has 1 atom stereocenters. The van der Waals surface area contributed by atoms with Crippen LogP contribution in [0.3, 0.4) is 0 Å². The van der Waals surface area contributed by atoms with Crippen molar-refractivity contribution in [2.75, 3.05) is 12.4 Å². The van der Waals surface area contributed by atoms with Gasteiger partial charge in [-0.25, -0.2) is 0 Å². The van der Waals surface area contributed by atoms with Crippen LogP contribution in [-0.4, -0.2) is 24.4 Å². The Labute approximate surface area is 130 Å². The molecule has 0 saturated carbocycles. The van der Waals surface area contributed by atoms with Gasteiger partial charge in [-0.05, 0) is 18.6 Å². The Morgan fingerprint density at radius 1 is 1.00 bits per heavy atom. The van der Waals surface area contributed by atoms with Crippen LogP contribution in [0.15, 0.2) is 0 Å². The molecule has 0 rings (SSSR count). The van der Waals surface area contributed by atoms with E-state index in [1.54, 1.807) is 0 Å². The number of hydrogen-bond donors (Lipinski definition) is 2. The molecular formula is C16H33NO2S. The lowest BCUT2D eigenvalue weighted by Crippen LogP contribution is -2.32. The van der Waals surface area contributed by atoms with Gasteiger partial charge in [-0.15, -0.1) is 0 Å². The van der Waals surface area contributed by atoms with Crippen molar-refractivity contribution in [2.45, 2.75) is 83.6 Å². The molecule has 0 saturated heterocycles. The number of ether oxygens (including phenoxy) is 1. The summed E-state index contributed by atoms with van der Waals surface area (Å²) in [5.74, 6) is 0.337. The fourth-order valence-corrected chi connectivity index (χ4v) is 2.40. The van der Waals surface area contributed by atoms with E-state index in [9.17, 15) is 4.79 Å². The van der Waals surface area contributed by atoms with Gasteiger partial charge in [0.15, 0.2) is 0 Å². The molecule has 0 aliphatic rings. The molecule has 0 aromatic rings. The van der Waals surface area contributed by atoms with Gasteiger partial charge in [0.25, 0.3) is 0 Å². The summed E-state index contributed by atoms with van der Waals surface area (Å²) in [4.78, 5) is 11.4. The van der Waals surface area contributed by atoms with Gasteiger partial charge in [-0.1, -0.05) is 64.7 Å². The lowest BCUT2D eigenvalue weighted by atomic mass is 10.1. The molecule has 0 amide bonds. The van der Waals surface area contributed by atoms with Crippen LogP contribution in [0.2, 0.25) is 0 Å². The topological polar surface area (TPSA) is 52.3 Å². The number of carbonyl (C=O) groups excluding carboxylic acids is 1. The maximum atomic E-state index is 11.4. The van der Waals surface area contributed by atoms with Gasteiger partial charge in [0.1, 0.15) is 6.04 Å². The summed E-state index contributed by atoms with van der Waals surface area (Å²) in [5, 5.41) is 0. The van der Waals surface area contributed by atoms with Crippen LogP contribution >= 0.6 is 12.6 Å². The van der Waals surface area contributed by atoms with Crippen molar-refractivity contribution >= 4 is 18.6 Å². The van der Waals surface area contributed by atoms with Crippen molar-refractivity contribution in [3.63, 3.8) is 0 Å². The average molecular weight is 304 g/mol. The molecule has 20 heavy (non-hydrogen) atoms. The predicted octanol–water partition coefficient (Wildman–Crippen LogP) is 4.10. The third kappa shape index (κ3) is 12.8. The Balaban J connectivity index is 3.18. The second-order valence-electron chi connectivity index (χ2n) is 5.47. The Bertz CT molecular complexity index is 225. The van der Waals surface area contributed by atoms with Gasteiger partial charge in [0.2, 0.25) is 0 Å². The molecule has 0 heterocycles. The molecule has 0 unspecified atom stereocenters. The molecule has 0 radical (unpaired) electrons. The number of nitrogens with two attached hydrogens (primary N) is 1. The van der Waals surface area contributed by atoms with E-state index >= 15 is 0 Å². The SMILES string of the molecule is CCCCCCCCCCCCOC(=O)[C@@H](N)CCS. The zero-order valence-electron chi connectivity index (χ0n) is 13.1. The minimum atomic E-state index is -0.504. The van der Waals surface area contributed by atoms with Crippen LogP contribution in [0, 0.1) is 0 Å². The molecule has 0 fully saturated rings. The highest BCUT2D eigenvalue weighted by atomic mass is 32.1. The molecule has 120 valence electrons. The van der Waals surface area contributed by atoms with Crippen molar-refractivity contribution in [1.29, 1.82) is 0 Å². The third-order valence-corrected chi connectivity index (χ3v) is 3.74. The van der Waals surface area contributed by atoms with Crippen molar-refractivity contribution < 1.29 is 9.53 Å². The minimum absolute atomic E-state index is 0.282. The zero-order valence-corrected chi connectivity index (χ0v) is 14.0. The number of esters is 1. The van der Waals surface area contributed by atoms with Gasteiger partial charge in [-0.3, -0.25) is 4.79 Å². The number of carbonyl (C=O) groups is 1. The van der Waals surface area contributed by atoms with E-state index in [2.05, 4.69) is 19.6 Å². The Morgan fingerprint density at radius 2 is 1.50 bits per heavy atom. The number of hydrogen-bond acceptors (Lipinski definition) is 4. The Morgan fingerprint density at radius 3 is 2.00 bits per heavy atom. The fourth-order valence-electron chi connectivity index (χ4n) is 2.13. The van der Waals surface area contributed by atoms with E-state index in [0.29, 0.717) is 18.8 Å². The Kier molecular flexibility index (Phi) is 15.0. The van der Waals surface area contributed by atoms with Gasteiger partial charge in [0, 0.05) is 0 Å². The van der Waals surface area contributed by atoms with E-state index in [1.165, 1.54) is 51.4 Å². The lowest BCUT2D eigenvalue weighted by molar-refractivity contribution is -0.145. The molecule has 0 aromatic carbocycles. The normalized spacial score (nSPS) is 12.3. The molecule has 0 bridgehead atoms. The highest BCUT2D eigenvalue weighted by Gasteiger charge is 2.13. The van der Waals surface area contributed by atoms with Gasteiger partial charge in [-0.2, -0.15) is 12.6 Å². The molecular weight excluding hydrogens is 270 g/mol. The first-order chi connectivity index (χ1) is 9.72. The fraction of sp³-hybridized carbons (Fsp3) is 0.938. The summed E-state index contributed by atoms with van der Waals surface area (Å²) >= 11 is 4.05. The quantitative estimate of drug-likeness (QED) is 0.288. The van der Waals surface area contributed by atoms with E-state index < -0.39 is 6.04 Å². The molecule has 3 nitrogen and oxygen atoms in total. The van der Waals surface area contributed by atoms with Crippen LogP contribution in [0.5, 0.6) is 0 Å². The predicted molar refractivity (Wildman–Crippen MR) is 89.2 cm³/mol. The van der Waals surface area contributed by atoms with E-state index in [0.717, 1.165) is 12.8 Å². The largest absolute Gasteiger partial charge is 0.465 e. The zero-order chi connectivity index (χ0) is 15.1. The first kappa shape index (κ1) is 19.8. The van der Waals surface area contributed by atoms with Gasteiger partial charge in [0.05, 0.1) is 6.61 Å². The van der Waals surface area contributed by atoms with Crippen molar-refractivity contribution in [2.24, 2.45) is 5.73 Å². The summed E-state index contributed by atoms with van der Waals surface area (Å²) in [6, 6.07) is -0.504. The second-order valence-corrected chi connectivity index (χ2v) is 5.92. The first-order valence-electron chi connectivity index (χ1n) is 8.25. The Hall–Kier alpha value is -0.220. The van der Waals surface area contributed by atoms with E-state index in [-0.39, 0.29) is 5.97 Å². The third-order valence-electron chi connectivity index (χ3n) is 3.49. The van der Waals surface area contributed by atoms with E-state index in [1.807, 2.05) is 0 Å². The highest BCUT2D eigenvalue weighted by Crippen LogP contribution is 2.10. The molecule has 0 spiro atoms. The number of unbranched alkanes of at least 4 members (excludes halogenated alkanes) is 9. The van der Waals surface area contributed by atoms with Crippen LogP contribution in [-0.2, 0) is 9.53 Å².